The number of hydrogen-bond acceptors (Lipinski definition) is 7. The van der Waals surface area contributed by atoms with E-state index in [4.69, 9.17) is 4.74 Å². The summed E-state index contributed by atoms with van der Waals surface area (Å²) >= 11 is 1.76. The van der Waals surface area contributed by atoms with Crippen LogP contribution in [0, 0.1) is 23.1 Å². The van der Waals surface area contributed by atoms with Crippen LogP contribution in [-0.2, 0) is 16.0 Å². The van der Waals surface area contributed by atoms with Crippen molar-refractivity contribution in [1.29, 1.82) is 5.26 Å². The first-order valence-electron chi connectivity index (χ1n) is 15.2. The molecule has 0 radical (unpaired) electrons. The van der Waals surface area contributed by atoms with Gasteiger partial charge in [-0.15, -0.1) is 0 Å². The van der Waals surface area contributed by atoms with Gasteiger partial charge in [0, 0.05) is 37.0 Å². The number of halogens is 1. The minimum Gasteiger partial charge on any atom is -0.444 e. The molecule has 0 aromatic heterocycles. The van der Waals surface area contributed by atoms with Gasteiger partial charge in [0.2, 0.25) is 5.91 Å². The van der Waals surface area contributed by atoms with Gasteiger partial charge in [-0.25, -0.2) is 13.5 Å². The van der Waals surface area contributed by atoms with Crippen molar-refractivity contribution in [2.24, 2.45) is 5.92 Å². The van der Waals surface area contributed by atoms with E-state index >= 15 is 4.39 Å². The molecule has 3 fully saturated rings. The number of likely N-dealkylation sites (tertiary alicyclic amines) is 1. The van der Waals surface area contributed by atoms with Gasteiger partial charge in [-0.2, -0.15) is 5.26 Å². The van der Waals surface area contributed by atoms with E-state index in [9.17, 15) is 14.9 Å². The summed E-state index contributed by atoms with van der Waals surface area (Å²) in [5.74, 6) is -0.773. The molecule has 2 aromatic rings. The number of carbonyl (C=O) groups excluding carboxylic acids is 2. The van der Waals surface area contributed by atoms with Crippen molar-refractivity contribution in [2.75, 3.05) is 33.2 Å². The third-order valence-corrected chi connectivity index (χ3v) is 9.61. The maximum absolute atomic E-state index is 15.3. The zero-order valence-electron chi connectivity index (χ0n) is 25.5. The molecule has 2 heterocycles. The number of rotatable bonds is 7. The molecule has 43 heavy (non-hydrogen) atoms. The van der Waals surface area contributed by atoms with Crippen LogP contribution >= 0.6 is 11.9 Å². The number of likely N-dealkylation sites (N-methyl/N-ethyl adjacent to an activating group) is 1. The molecule has 230 valence electrons. The van der Waals surface area contributed by atoms with Gasteiger partial charge in [-0.1, -0.05) is 24.3 Å². The van der Waals surface area contributed by atoms with Gasteiger partial charge in [-0.3, -0.25) is 9.69 Å². The number of hydrogen-bond donors (Lipinski definition) is 1. The van der Waals surface area contributed by atoms with E-state index in [0.29, 0.717) is 5.56 Å². The highest BCUT2D eigenvalue weighted by Crippen LogP contribution is 2.43. The second kappa shape index (κ2) is 13.2. The summed E-state index contributed by atoms with van der Waals surface area (Å²) < 4.78 is 23.2. The van der Waals surface area contributed by atoms with Crippen LogP contribution in [-0.4, -0.2) is 83.1 Å². The lowest BCUT2D eigenvalue weighted by atomic mass is 9.97. The average Bonchev–Trinajstić information content (AvgIpc) is 3.52. The lowest BCUT2D eigenvalue weighted by Gasteiger charge is -2.35. The molecular formula is C33H42FN5O3S. The Morgan fingerprint density at radius 1 is 1.09 bits per heavy atom. The van der Waals surface area contributed by atoms with Gasteiger partial charge in [-0.05, 0) is 113 Å². The highest BCUT2D eigenvalue weighted by Gasteiger charge is 2.52. The molecule has 0 unspecified atom stereocenters. The van der Waals surface area contributed by atoms with E-state index in [-0.39, 0.29) is 24.3 Å². The molecule has 5 rings (SSSR count). The van der Waals surface area contributed by atoms with E-state index in [1.807, 2.05) is 18.2 Å². The van der Waals surface area contributed by atoms with Crippen molar-refractivity contribution < 1.29 is 18.7 Å². The fraction of sp³-hybridized carbons (Fsp3) is 0.545. The van der Waals surface area contributed by atoms with Crippen LogP contribution in [0.2, 0.25) is 0 Å². The molecule has 3 aliphatic rings. The Balaban J connectivity index is 1.20. The molecule has 1 aliphatic carbocycles. The Hall–Kier alpha value is -3.13. The Morgan fingerprint density at radius 3 is 2.53 bits per heavy atom. The standard InChI is InChI=1S/C33H42FN5O3S/c1-33(2,3)42-32(41)39-27-11-8-25(19-27)30(39)31(40)36-26(21-35)18-24-7-6-23(20-29(24)34)22-9-12-28(13-10-22)43-38-15-5-14-37(4)16-17-38/h6-7,9-10,12-13,20,25-27,30H,5,8,11,14-19H2,1-4H3,(H,36,40)/t25-,26-,27+,30-/m0/s1. The van der Waals surface area contributed by atoms with Crippen LogP contribution in [0.4, 0.5) is 9.18 Å². The third-order valence-electron chi connectivity index (χ3n) is 8.51. The first-order chi connectivity index (χ1) is 20.5. The first-order valence-corrected chi connectivity index (χ1v) is 16.0. The zero-order valence-corrected chi connectivity index (χ0v) is 26.3. The molecule has 0 spiro atoms. The number of amides is 2. The van der Waals surface area contributed by atoms with E-state index in [0.717, 1.165) is 67.9 Å². The second-order valence-electron chi connectivity index (χ2n) is 13.0. The molecule has 2 aromatic carbocycles. The maximum atomic E-state index is 15.3. The number of nitriles is 1. The van der Waals surface area contributed by atoms with E-state index in [1.165, 1.54) is 6.07 Å². The fourth-order valence-electron chi connectivity index (χ4n) is 6.37. The van der Waals surface area contributed by atoms with E-state index in [1.54, 1.807) is 43.7 Å². The third kappa shape index (κ3) is 7.69. The van der Waals surface area contributed by atoms with Crippen LogP contribution in [0.15, 0.2) is 47.4 Å². The van der Waals surface area contributed by atoms with Crippen LogP contribution in [0.3, 0.4) is 0 Å². The first kappa shape index (κ1) is 31.3. The molecule has 8 nitrogen and oxygen atoms in total. The average molecular weight is 608 g/mol. The van der Waals surface area contributed by atoms with Gasteiger partial charge in [0.1, 0.15) is 23.5 Å². The topological polar surface area (TPSA) is 88.9 Å². The fourth-order valence-corrected chi connectivity index (χ4v) is 7.32. The van der Waals surface area contributed by atoms with Crippen molar-refractivity contribution >= 4 is 23.9 Å². The number of nitrogens with zero attached hydrogens (tertiary/aromatic N) is 4. The van der Waals surface area contributed by atoms with Crippen LogP contribution in [0.1, 0.15) is 52.0 Å². The molecule has 1 N–H and O–H groups in total. The van der Waals surface area contributed by atoms with Gasteiger partial charge in [0.15, 0.2) is 0 Å². The summed E-state index contributed by atoms with van der Waals surface area (Å²) in [5, 5.41) is 12.6. The highest BCUT2D eigenvalue weighted by molar-refractivity contribution is 7.97. The molecule has 2 aliphatic heterocycles. The Kier molecular flexibility index (Phi) is 9.64. The summed E-state index contributed by atoms with van der Waals surface area (Å²) in [4.78, 5) is 31.4. The number of carbonyl (C=O) groups is 2. The Morgan fingerprint density at radius 2 is 1.84 bits per heavy atom. The van der Waals surface area contributed by atoms with Crippen LogP contribution in [0.25, 0.3) is 11.1 Å². The monoisotopic (exact) mass is 607 g/mol. The number of ether oxygens (including phenoxy) is 1. The number of nitrogens with one attached hydrogen (secondary N) is 1. The summed E-state index contributed by atoms with van der Waals surface area (Å²) in [7, 11) is 2.16. The Bertz CT molecular complexity index is 1360. The maximum Gasteiger partial charge on any atom is 0.411 e. The van der Waals surface area contributed by atoms with Crippen molar-refractivity contribution in [2.45, 2.75) is 81.5 Å². The predicted molar refractivity (Wildman–Crippen MR) is 166 cm³/mol. The summed E-state index contributed by atoms with van der Waals surface area (Å²) in [5.41, 5.74) is 1.34. The smallest absolute Gasteiger partial charge is 0.411 e. The lowest BCUT2D eigenvalue weighted by Crippen LogP contribution is -2.55. The van der Waals surface area contributed by atoms with Gasteiger partial charge in [0.25, 0.3) is 0 Å². The number of piperidine rings is 1. The molecule has 10 heteroatoms. The SMILES string of the molecule is CN1CCCN(Sc2ccc(-c3ccc(C[C@@H](C#N)NC(=O)[C@@H]4[C@H]5CC[C@H](C5)N4C(=O)OC(C)(C)C)c(F)c3)cc2)CC1. The lowest BCUT2D eigenvalue weighted by molar-refractivity contribution is -0.128. The number of fused-ring (bicyclic) bond motifs is 2. The zero-order chi connectivity index (χ0) is 30.7. The molecule has 2 amide bonds. The Labute approximate surface area is 258 Å². The predicted octanol–water partition coefficient (Wildman–Crippen LogP) is 5.48. The molecule has 4 atom stereocenters. The van der Waals surface area contributed by atoms with Crippen molar-refractivity contribution in [3.05, 3.63) is 53.8 Å². The summed E-state index contributed by atoms with van der Waals surface area (Å²) in [6.45, 7) is 9.63. The van der Waals surface area contributed by atoms with Crippen molar-refractivity contribution in [3.8, 4) is 17.2 Å². The van der Waals surface area contributed by atoms with Gasteiger partial charge >= 0.3 is 6.09 Å². The largest absolute Gasteiger partial charge is 0.444 e. The van der Waals surface area contributed by atoms with E-state index in [2.05, 4.69) is 39.8 Å². The quantitative estimate of drug-likeness (QED) is 0.417. The molecule has 1 saturated carbocycles. The van der Waals surface area contributed by atoms with Crippen molar-refractivity contribution in [3.63, 3.8) is 0 Å². The minimum atomic E-state index is -0.928. The van der Waals surface area contributed by atoms with Gasteiger partial charge in [0.05, 0.1) is 6.07 Å². The number of benzene rings is 2. The minimum absolute atomic E-state index is 0.0300. The second-order valence-corrected chi connectivity index (χ2v) is 14.1. The van der Waals surface area contributed by atoms with Gasteiger partial charge < -0.3 is 15.0 Å². The summed E-state index contributed by atoms with van der Waals surface area (Å²) in [6.07, 6.45) is 3.12. The molecular weight excluding hydrogens is 565 g/mol. The highest BCUT2D eigenvalue weighted by atomic mass is 32.2. The van der Waals surface area contributed by atoms with E-state index < -0.39 is 29.6 Å². The van der Waals surface area contributed by atoms with Crippen LogP contribution in [0.5, 0.6) is 0 Å². The summed E-state index contributed by atoms with van der Waals surface area (Å²) in [6, 6.07) is 13.6. The van der Waals surface area contributed by atoms with Crippen LogP contribution < -0.4 is 5.32 Å². The van der Waals surface area contributed by atoms with Crippen molar-refractivity contribution in [1.82, 2.24) is 19.4 Å². The molecule has 2 saturated heterocycles. The normalized spacial score (nSPS) is 23.4. The molecule has 2 bridgehead atoms.